The van der Waals surface area contributed by atoms with Gasteiger partial charge >= 0.3 is 0 Å². The molecule has 1 aliphatic carbocycles. The summed E-state index contributed by atoms with van der Waals surface area (Å²) in [6, 6.07) is 3.97. The van der Waals surface area contributed by atoms with Crippen LogP contribution in [0.1, 0.15) is 33.3 Å². The van der Waals surface area contributed by atoms with E-state index in [-0.39, 0.29) is 28.8 Å². The number of carbonyl (C=O) groups is 1. The SMILES string of the molecule is CC1(C)C(N)C(C)(C)C1NC(=O)Cc1cccnc1. The highest BCUT2D eigenvalue weighted by atomic mass is 16.1. The second kappa shape index (κ2) is 4.60. The maximum absolute atomic E-state index is 12.1. The van der Waals surface area contributed by atoms with Crippen LogP contribution in [0, 0.1) is 10.8 Å². The molecular weight excluding hydrogens is 238 g/mol. The monoisotopic (exact) mass is 261 g/mol. The van der Waals surface area contributed by atoms with Gasteiger partial charge in [0.15, 0.2) is 0 Å². The van der Waals surface area contributed by atoms with E-state index in [1.165, 1.54) is 0 Å². The van der Waals surface area contributed by atoms with Crippen LogP contribution in [0.3, 0.4) is 0 Å². The molecule has 0 aromatic carbocycles. The summed E-state index contributed by atoms with van der Waals surface area (Å²) in [5.74, 6) is 0.0334. The first-order chi connectivity index (χ1) is 8.76. The van der Waals surface area contributed by atoms with Gasteiger partial charge in [0.2, 0.25) is 5.91 Å². The van der Waals surface area contributed by atoms with Gasteiger partial charge in [-0.05, 0) is 11.6 Å². The molecule has 0 spiro atoms. The van der Waals surface area contributed by atoms with Crippen molar-refractivity contribution in [1.82, 2.24) is 10.3 Å². The maximum Gasteiger partial charge on any atom is 0.224 e. The van der Waals surface area contributed by atoms with Crippen LogP contribution in [0.15, 0.2) is 24.5 Å². The van der Waals surface area contributed by atoms with E-state index in [1.807, 2.05) is 12.1 Å². The van der Waals surface area contributed by atoms with E-state index in [9.17, 15) is 4.79 Å². The molecule has 2 rings (SSSR count). The van der Waals surface area contributed by atoms with Gasteiger partial charge in [-0.2, -0.15) is 0 Å². The molecule has 1 aromatic rings. The lowest BCUT2D eigenvalue weighted by atomic mass is 9.48. The number of hydrogen-bond acceptors (Lipinski definition) is 3. The normalized spacial score (nSPS) is 27.4. The molecule has 1 fully saturated rings. The van der Waals surface area contributed by atoms with Crippen molar-refractivity contribution in [3.8, 4) is 0 Å². The van der Waals surface area contributed by atoms with Gasteiger partial charge in [0.1, 0.15) is 0 Å². The Hall–Kier alpha value is -1.42. The van der Waals surface area contributed by atoms with Gasteiger partial charge in [-0.3, -0.25) is 9.78 Å². The summed E-state index contributed by atoms with van der Waals surface area (Å²) in [6.07, 6.45) is 3.80. The molecule has 1 amide bonds. The molecule has 0 unspecified atom stereocenters. The van der Waals surface area contributed by atoms with Gasteiger partial charge in [0.05, 0.1) is 6.42 Å². The quantitative estimate of drug-likeness (QED) is 0.866. The maximum atomic E-state index is 12.1. The van der Waals surface area contributed by atoms with E-state index in [0.29, 0.717) is 6.42 Å². The number of nitrogens with one attached hydrogen (secondary N) is 1. The number of nitrogens with zero attached hydrogens (tertiary/aromatic N) is 1. The van der Waals surface area contributed by atoms with Crippen molar-refractivity contribution >= 4 is 5.91 Å². The van der Waals surface area contributed by atoms with E-state index in [1.54, 1.807) is 12.4 Å². The van der Waals surface area contributed by atoms with Crippen LogP contribution in [0.2, 0.25) is 0 Å². The molecule has 1 aromatic heterocycles. The fraction of sp³-hybridized carbons (Fsp3) is 0.600. The molecule has 0 aliphatic heterocycles. The van der Waals surface area contributed by atoms with Crippen molar-refractivity contribution in [3.63, 3.8) is 0 Å². The third-order valence-corrected chi connectivity index (χ3v) is 4.48. The zero-order valence-corrected chi connectivity index (χ0v) is 12.1. The van der Waals surface area contributed by atoms with Gasteiger partial charge in [0.25, 0.3) is 0 Å². The highest BCUT2D eigenvalue weighted by Crippen LogP contribution is 2.52. The number of nitrogens with two attached hydrogens (primary N) is 1. The van der Waals surface area contributed by atoms with Crippen molar-refractivity contribution < 1.29 is 4.79 Å². The van der Waals surface area contributed by atoms with Crippen molar-refractivity contribution in [2.45, 2.75) is 46.2 Å². The molecule has 4 nitrogen and oxygen atoms in total. The highest BCUT2D eigenvalue weighted by molar-refractivity contribution is 5.79. The average Bonchev–Trinajstić information content (AvgIpc) is 2.36. The standard InChI is InChI=1S/C15H23N3O/c1-14(2)12(16)15(3,4)13(14)18-11(19)8-10-6-5-7-17-9-10/h5-7,9,12-13H,8,16H2,1-4H3,(H,18,19). The number of aromatic nitrogens is 1. The van der Waals surface area contributed by atoms with Crippen LogP contribution < -0.4 is 11.1 Å². The van der Waals surface area contributed by atoms with Crippen molar-refractivity contribution in [1.29, 1.82) is 0 Å². The molecule has 19 heavy (non-hydrogen) atoms. The van der Waals surface area contributed by atoms with Crippen molar-refractivity contribution in [2.24, 2.45) is 16.6 Å². The van der Waals surface area contributed by atoms with Crippen molar-refractivity contribution in [2.75, 3.05) is 0 Å². The first-order valence-corrected chi connectivity index (χ1v) is 6.70. The molecule has 4 heteroatoms. The van der Waals surface area contributed by atoms with Crippen molar-refractivity contribution in [3.05, 3.63) is 30.1 Å². The molecule has 1 heterocycles. The molecule has 0 bridgehead atoms. The minimum atomic E-state index is -0.0614. The minimum absolute atomic E-state index is 0.0334. The lowest BCUT2D eigenvalue weighted by molar-refractivity contribution is -0.131. The Morgan fingerprint density at radius 2 is 2.00 bits per heavy atom. The van der Waals surface area contributed by atoms with E-state index >= 15 is 0 Å². The summed E-state index contributed by atoms with van der Waals surface area (Å²) in [5, 5.41) is 3.13. The summed E-state index contributed by atoms with van der Waals surface area (Å²) in [4.78, 5) is 16.1. The molecule has 0 atom stereocenters. The average molecular weight is 261 g/mol. The fourth-order valence-corrected chi connectivity index (χ4v) is 3.45. The van der Waals surface area contributed by atoms with Gasteiger partial charge in [-0.15, -0.1) is 0 Å². The third-order valence-electron chi connectivity index (χ3n) is 4.48. The topological polar surface area (TPSA) is 68.0 Å². The Morgan fingerprint density at radius 1 is 1.37 bits per heavy atom. The molecule has 1 saturated carbocycles. The van der Waals surface area contributed by atoms with E-state index in [2.05, 4.69) is 38.0 Å². The second-order valence-corrected chi connectivity index (χ2v) is 6.66. The first kappa shape index (κ1) is 14.0. The molecule has 0 saturated heterocycles. The zero-order chi connectivity index (χ0) is 14.3. The summed E-state index contributed by atoms with van der Waals surface area (Å²) < 4.78 is 0. The lowest BCUT2D eigenvalue weighted by Gasteiger charge is -2.62. The molecule has 0 radical (unpaired) electrons. The van der Waals surface area contributed by atoms with Gasteiger partial charge < -0.3 is 11.1 Å². The summed E-state index contributed by atoms with van der Waals surface area (Å²) in [6.45, 7) is 8.44. The lowest BCUT2D eigenvalue weighted by Crippen LogP contribution is -2.76. The smallest absolute Gasteiger partial charge is 0.224 e. The Morgan fingerprint density at radius 3 is 2.53 bits per heavy atom. The number of rotatable bonds is 3. The minimum Gasteiger partial charge on any atom is -0.352 e. The zero-order valence-electron chi connectivity index (χ0n) is 12.1. The van der Waals surface area contributed by atoms with Crippen LogP contribution in [-0.4, -0.2) is 23.0 Å². The largest absolute Gasteiger partial charge is 0.352 e. The third kappa shape index (κ3) is 2.37. The van der Waals surface area contributed by atoms with E-state index in [0.717, 1.165) is 5.56 Å². The second-order valence-electron chi connectivity index (χ2n) is 6.66. The molecule has 104 valence electrons. The predicted octanol–water partition coefficient (Wildman–Crippen LogP) is 1.50. The van der Waals surface area contributed by atoms with E-state index in [4.69, 9.17) is 5.73 Å². The Bertz CT molecular complexity index is 452. The van der Waals surface area contributed by atoms with Crippen LogP contribution >= 0.6 is 0 Å². The summed E-state index contributed by atoms with van der Waals surface area (Å²) in [5.41, 5.74) is 7.00. The van der Waals surface area contributed by atoms with Crippen LogP contribution in [0.25, 0.3) is 0 Å². The number of pyridine rings is 1. The number of hydrogen-bond donors (Lipinski definition) is 2. The molecular formula is C15H23N3O. The van der Waals surface area contributed by atoms with E-state index < -0.39 is 0 Å². The van der Waals surface area contributed by atoms with Gasteiger partial charge in [-0.25, -0.2) is 0 Å². The Kier molecular flexibility index (Phi) is 3.39. The fourth-order valence-electron chi connectivity index (χ4n) is 3.45. The summed E-state index contributed by atoms with van der Waals surface area (Å²) >= 11 is 0. The number of carbonyl (C=O) groups excluding carboxylic acids is 1. The van der Waals surface area contributed by atoms with Gasteiger partial charge in [-0.1, -0.05) is 33.8 Å². The Balaban J connectivity index is 2.00. The number of amides is 1. The molecule has 3 N–H and O–H groups in total. The Labute approximate surface area is 114 Å². The summed E-state index contributed by atoms with van der Waals surface area (Å²) in [7, 11) is 0. The predicted molar refractivity (Wildman–Crippen MR) is 75.4 cm³/mol. The van der Waals surface area contributed by atoms with Crippen LogP contribution in [0.4, 0.5) is 0 Å². The molecule has 1 aliphatic rings. The highest BCUT2D eigenvalue weighted by Gasteiger charge is 2.60. The first-order valence-electron chi connectivity index (χ1n) is 6.70. The van der Waals surface area contributed by atoms with Crippen LogP contribution in [0.5, 0.6) is 0 Å². The van der Waals surface area contributed by atoms with Crippen LogP contribution in [-0.2, 0) is 11.2 Å². The van der Waals surface area contributed by atoms with Gasteiger partial charge in [0, 0.05) is 35.3 Å².